The van der Waals surface area contributed by atoms with Crippen LogP contribution in [0.2, 0.25) is 0 Å². The molecule has 2 aromatic heterocycles. The van der Waals surface area contributed by atoms with E-state index in [0.29, 0.717) is 17.8 Å². The minimum absolute atomic E-state index is 0.0400. The van der Waals surface area contributed by atoms with Crippen LogP contribution >= 0.6 is 11.3 Å². The zero-order chi connectivity index (χ0) is 17.1. The van der Waals surface area contributed by atoms with Crippen LogP contribution < -0.4 is 11.1 Å². The fraction of sp³-hybridized carbons (Fsp3) is 0.222. The summed E-state index contributed by atoms with van der Waals surface area (Å²) in [7, 11) is 0. The minimum Gasteiger partial charge on any atom is -0.367 e. The number of aryl methyl sites for hydroxylation is 2. The van der Waals surface area contributed by atoms with Crippen LogP contribution in [0.1, 0.15) is 33.3 Å². The molecule has 3 aromatic rings. The molecule has 3 rings (SSSR count). The number of benzene rings is 1. The smallest absolute Gasteiger partial charge is 0.259 e. The van der Waals surface area contributed by atoms with Crippen molar-refractivity contribution in [3.05, 3.63) is 58.0 Å². The van der Waals surface area contributed by atoms with E-state index in [1.54, 1.807) is 11.3 Å². The Labute approximate surface area is 144 Å². The van der Waals surface area contributed by atoms with Gasteiger partial charge in [0.1, 0.15) is 11.3 Å². The molecule has 1 aromatic carbocycles. The first-order chi connectivity index (χ1) is 11.6. The maximum absolute atomic E-state index is 12.6. The van der Waals surface area contributed by atoms with Crippen LogP contribution in [0.3, 0.4) is 0 Å². The highest BCUT2D eigenvalue weighted by Gasteiger charge is 2.23. The van der Waals surface area contributed by atoms with Crippen molar-refractivity contribution in [2.24, 2.45) is 0 Å². The van der Waals surface area contributed by atoms with Gasteiger partial charge in [0.2, 0.25) is 5.88 Å². The number of rotatable bonds is 5. The van der Waals surface area contributed by atoms with Gasteiger partial charge in [-0.15, -0.1) is 11.3 Å². The van der Waals surface area contributed by atoms with Crippen molar-refractivity contribution in [2.75, 3.05) is 5.73 Å². The van der Waals surface area contributed by atoms with Crippen molar-refractivity contribution in [3.63, 3.8) is 0 Å². The molecule has 0 aliphatic rings. The summed E-state index contributed by atoms with van der Waals surface area (Å²) in [6.45, 7) is 4.53. The number of amides is 1. The Morgan fingerprint density at radius 1 is 1.33 bits per heavy atom. The van der Waals surface area contributed by atoms with E-state index in [0.717, 1.165) is 22.4 Å². The number of nitrogens with two attached hydrogens (primary N) is 1. The second-order valence-electron chi connectivity index (χ2n) is 5.56. The van der Waals surface area contributed by atoms with Gasteiger partial charge in [0, 0.05) is 11.4 Å². The van der Waals surface area contributed by atoms with Crippen LogP contribution in [0, 0.1) is 6.92 Å². The third-order valence-electron chi connectivity index (χ3n) is 3.72. The summed E-state index contributed by atoms with van der Waals surface area (Å²) in [5, 5.41) is 6.86. The van der Waals surface area contributed by atoms with E-state index >= 15 is 0 Å². The maximum atomic E-state index is 12.6. The molecule has 0 spiro atoms. The molecular weight excluding hydrogens is 322 g/mol. The number of hydrogen-bond acceptors (Lipinski definition) is 5. The zero-order valence-corrected chi connectivity index (χ0v) is 14.4. The van der Waals surface area contributed by atoms with Crippen molar-refractivity contribution in [1.29, 1.82) is 0 Å². The number of carbonyl (C=O) groups is 1. The van der Waals surface area contributed by atoms with Gasteiger partial charge < -0.3 is 15.6 Å². The molecule has 0 atom stereocenters. The number of nitrogens with zero attached hydrogens (tertiary/aromatic N) is 1. The Hall–Kier alpha value is -2.60. The normalized spacial score (nSPS) is 10.8. The van der Waals surface area contributed by atoms with Crippen molar-refractivity contribution >= 4 is 23.1 Å². The van der Waals surface area contributed by atoms with Gasteiger partial charge in [0.15, 0.2) is 0 Å². The summed E-state index contributed by atoms with van der Waals surface area (Å²) in [5.74, 6) is -0.241. The van der Waals surface area contributed by atoms with Crippen molar-refractivity contribution in [1.82, 2.24) is 10.5 Å². The number of nitrogens with one attached hydrogen (secondary N) is 1. The molecule has 0 bridgehead atoms. The highest BCUT2D eigenvalue weighted by Crippen LogP contribution is 2.32. The summed E-state index contributed by atoms with van der Waals surface area (Å²) in [4.78, 5) is 14.7. The van der Waals surface area contributed by atoms with Crippen LogP contribution in [-0.4, -0.2) is 11.1 Å². The monoisotopic (exact) mass is 341 g/mol. The lowest BCUT2D eigenvalue weighted by Gasteiger charge is -2.06. The number of thiophene rings is 1. The molecule has 24 heavy (non-hydrogen) atoms. The average molecular weight is 341 g/mol. The fourth-order valence-electron chi connectivity index (χ4n) is 2.48. The highest BCUT2D eigenvalue weighted by molar-refractivity contribution is 7.15. The lowest BCUT2D eigenvalue weighted by Crippen LogP contribution is -2.23. The Morgan fingerprint density at radius 2 is 2.17 bits per heavy atom. The third-order valence-corrected chi connectivity index (χ3v) is 4.96. The van der Waals surface area contributed by atoms with E-state index in [-0.39, 0.29) is 11.8 Å². The van der Waals surface area contributed by atoms with Crippen LogP contribution in [0.25, 0.3) is 10.6 Å². The van der Waals surface area contributed by atoms with Gasteiger partial charge >= 0.3 is 0 Å². The van der Waals surface area contributed by atoms with E-state index in [9.17, 15) is 4.79 Å². The molecule has 0 saturated heterocycles. The van der Waals surface area contributed by atoms with Gasteiger partial charge in [0.25, 0.3) is 5.91 Å². The second-order valence-corrected chi connectivity index (χ2v) is 6.73. The summed E-state index contributed by atoms with van der Waals surface area (Å²) < 4.78 is 5.06. The first-order valence-corrected chi connectivity index (χ1v) is 8.58. The number of anilines is 1. The summed E-state index contributed by atoms with van der Waals surface area (Å²) in [5.41, 5.74) is 8.81. The molecule has 124 valence electrons. The number of nitrogen functional groups attached to an aromatic ring is 1. The van der Waals surface area contributed by atoms with E-state index in [1.165, 1.54) is 4.88 Å². The lowest BCUT2D eigenvalue weighted by atomic mass is 10.1. The Kier molecular flexibility index (Phi) is 4.66. The molecule has 0 fully saturated rings. The minimum atomic E-state index is -0.281. The van der Waals surface area contributed by atoms with Gasteiger partial charge in [0.05, 0.1) is 4.88 Å². The molecule has 3 N–H and O–H groups in total. The number of hydrogen-bond donors (Lipinski definition) is 2. The predicted octanol–water partition coefficient (Wildman–Crippen LogP) is 3.79. The zero-order valence-electron chi connectivity index (χ0n) is 13.6. The van der Waals surface area contributed by atoms with Crippen LogP contribution in [0.5, 0.6) is 0 Å². The molecule has 0 radical (unpaired) electrons. The Balaban J connectivity index is 1.81. The van der Waals surface area contributed by atoms with Crippen LogP contribution in [0.15, 0.2) is 40.9 Å². The summed E-state index contributed by atoms with van der Waals surface area (Å²) in [6, 6.07) is 12.0. The second kappa shape index (κ2) is 6.88. The SMILES string of the molecule is CCc1ccc(-c2noc(N)c2C(=O)NCc2cccc(C)c2)s1. The topological polar surface area (TPSA) is 81.2 Å². The van der Waals surface area contributed by atoms with Gasteiger partial charge in [-0.2, -0.15) is 0 Å². The summed E-state index contributed by atoms with van der Waals surface area (Å²) >= 11 is 1.59. The molecular formula is C18H19N3O2S. The first-order valence-electron chi connectivity index (χ1n) is 7.76. The molecule has 1 amide bonds. The predicted molar refractivity (Wildman–Crippen MR) is 96.0 cm³/mol. The quantitative estimate of drug-likeness (QED) is 0.740. The van der Waals surface area contributed by atoms with E-state index in [1.807, 2.05) is 43.3 Å². The molecule has 5 nitrogen and oxygen atoms in total. The molecule has 0 unspecified atom stereocenters. The molecule has 6 heteroatoms. The number of aromatic nitrogens is 1. The Bertz CT molecular complexity index is 867. The molecule has 0 aliphatic carbocycles. The van der Waals surface area contributed by atoms with E-state index in [2.05, 4.69) is 17.4 Å². The average Bonchev–Trinajstić information content (AvgIpc) is 3.19. The largest absolute Gasteiger partial charge is 0.367 e. The first kappa shape index (κ1) is 16.3. The highest BCUT2D eigenvalue weighted by atomic mass is 32.1. The van der Waals surface area contributed by atoms with E-state index < -0.39 is 0 Å². The lowest BCUT2D eigenvalue weighted by molar-refractivity contribution is 0.0952. The van der Waals surface area contributed by atoms with Gasteiger partial charge in [-0.3, -0.25) is 4.79 Å². The number of carbonyl (C=O) groups excluding carboxylic acids is 1. The third kappa shape index (κ3) is 3.33. The Morgan fingerprint density at radius 3 is 2.88 bits per heavy atom. The molecule has 2 heterocycles. The van der Waals surface area contributed by atoms with Gasteiger partial charge in [-0.1, -0.05) is 41.9 Å². The van der Waals surface area contributed by atoms with Crippen LogP contribution in [0.4, 0.5) is 5.88 Å². The van der Waals surface area contributed by atoms with Gasteiger partial charge in [-0.05, 0) is 31.0 Å². The van der Waals surface area contributed by atoms with Crippen LogP contribution in [-0.2, 0) is 13.0 Å². The standard InChI is InChI=1S/C18H19N3O2S/c1-3-13-7-8-14(24-13)16-15(17(19)23-21-16)18(22)20-10-12-6-4-5-11(2)9-12/h4-9H,3,10,19H2,1-2H3,(H,20,22). The van der Waals surface area contributed by atoms with Crippen molar-refractivity contribution in [3.8, 4) is 10.6 Å². The maximum Gasteiger partial charge on any atom is 0.259 e. The van der Waals surface area contributed by atoms with Crippen molar-refractivity contribution < 1.29 is 9.32 Å². The fourth-order valence-corrected chi connectivity index (χ4v) is 3.41. The molecule has 0 saturated carbocycles. The summed E-state index contributed by atoms with van der Waals surface area (Å²) in [6.07, 6.45) is 0.937. The molecule has 0 aliphatic heterocycles. The van der Waals surface area contributed by atoms with Gasteiger partial charge in [-0.25, -0.2) is 0 Å². The van der Waals surface area contributed by atoms with E-state index in [4.69, 9.17) is 10.3 Å². The van der Waals surface area contributed by atoms with Crippen molar-refractivity contribution in [2.45, 2.75) is 26.8 Å².